The Bertz CT molecular complexity index is 751. The summed E-state index contributed by atoms with van der Waals surface area (Å²) >= 11 is 0. The van der Waals surface area contributed by atoms with E-state index in [2.05, 4.69) is 51.3 Å². The first-order valence-corrected chi connectivity index (χ1v) is 8.81. The second-order valence-corrected chi connectivity index (χ2v) is 6.62. The van der Waals surface area contributed by atoms with Crippen molar-refractivity contribution in [1.29, 1.82) is 0 Å². The minimum atomic E-state index is 0.750. The zero-order valence-corrected chi connectivity index (χ0v) is 16.0. The summed E-state index contributed by atoms with van der Waals surface area (Å²) in [4.78, 5) is 13.5. The lowest BCUT2D eigenvalue weighted by atomic mass is 9.99. The topological polar surface area (TPSA) is 62.8 Å². The van der Waals surface area contributed by atoms with Gasteiger partial charge in [0.25, 0.3) is 0 Å². The summed E-state index contributed by atoms with van der Waals surface area (Å²) < 4.78 is 10.8. The molecule has 1 aliphatic heterocycles. The van der Waals surface area contributed by atoms with Gasteiger partial charge in [-0.2, -0.15) is 4.98 Å². The fraction of sp³-hybridized carbons (Fsp3) is 0.474. The number of aromatic nitrogens is 2. The van der Waals surface area contributed by atoms with Gasteiger partial charge in [0.05, 0.1) is 14.2 Å². The first-order valence-electron chi connectivity index (χ1n) is 8.81. The maximum Gasteiger partial charge on any atom is 0.227 e. The summed E-state index contributed by atoms with van der Waals surface area (Å²) in [5, 5.41) is 3.35. The second-order valence-electron chi connectivity index (χ2n) is 6.62. The molecule has 140 valence electrons. The Morgan fingerprint density at radius 1 is 1.15 bits per heavy atom. The second kappa shape index (κ2) is 8.23. The van der Waals surface area contributed by atoms with E-state index in [9.17, 15) is 0 Å². The lowest BCUT2D eigenvalue weighted by Gasteiger charge is -2.29. The number of hydrogen-bond acceptors (Lipinski definition) is 7. The summed E-state index contributed by atoms with van der Waals surface area (Å²) in [7, 11) is 7.45. The molecule has 1 aromatic carbocycles. The van der Waals surface area contributed by atoms with E-state index in [-0.39, 0.29) is 0 Å². The monoisotopic (exact) mass is 357 g/mol. The SMILES string of the molecule is COc1cc2c(cc1OC)CN(c1nccc(NCCN(C)C)n1)CC2. The number of benzene rings is 1. The van der Waals surface area contributed by atoms with Crippen LogP contribution in [0.4, 0.5) is 11.8 Å². The highest BCUT2D eigenvalue weighted by molar-refractivity contribution is 5.51. The average Bonchev–Trinajstić information content (AvgIpc) is 2.66. The maximum atomic E-state index is 5.44. The molecule has 7 nitrogen and oxygen atoms in total. The van der Waals surface area contributed by atoms with Gasteiger partial charge in [-0.25, -0.2) is 4.98 Å². The molecule has 0 saturated heterocycles. The van der Waals surface area contributed by atoms with Crippen LogP contribution in [-0.2, 0) is 13.0 Å². The number of nitrogens with one attached hydrogen (secondary N) is 1. The largest absolute Gasteiger partial charge is 0.493 e. The quantitative estimate of drug-likeness (QED) is 0.813. The Balaban J connectivity index is 1.74. The van der Waals surface area contributed by atoms with Crippen LogP contribution >= 0.6 is 0 Å². The third kappa shape index (κ3) is 4.16. The van der Waals surface area contributed by atoms with Crippen molar-refractivity contribution in [1.82, 2.24) is 14.9 Å². The van der Waals surface area contributed by atoms with Crippen molar-refractivity contribution >= 4 is 11.8 Å². The lowest BCUT2D eigenvalue weighted by molar-refractivity contribution is 0.353. The molecule has 2 aromatic rings. The van der Waals surface area contributed by atoms with E-state index in [4.69, 9.17) is 9.47 Å². The zero-order valence-electron chi connectivity index (χ0n) is 16.0. The molecule has 0 aliphatic carbocycles. The summed E-state index contributed by atoms with van der Waals surface area (Å²) in [6, 6.07) is 6.04. The number of methoxy groups -OCH3 is 2. The Labute approximate surface area is 155 Å². The molecule has 0 radical (unpaired) electrons. The molecule has 0 saturated carbocycles. The standard InChI is InChI=1S/C19H27N5O2/c1-23(2)10-8-20-18-5-7-21-19(22-18)24-9-6-14-11-16(25-3)17(26-4)12-15(14)13-24/h5,7,11-12H,6,8-10,13H2,1-4H3,(H,20,21,22). The minimum absolute atomic E-state index is 0.750. The number of anilines is 2. The summed E-state index contributed by atoms with van der Waals surface area (Å²) in [5.74, 6) is 3.14. The van der Waals surface area contributed by atoms with E-state index in [0.29, 0.717) is 0 Å². The first-order chi connectivity index (χ1) is 12.6. The Morgan fingerprint density at radius 3 is 2.58 bits per heavy atom. The third-order valence-corrected chi connectivity index (χ3v) is 4.51. The molecule has 0 spiro atoms. The van der Waals surface area contributed by atoms with E-state index in [1.807, 2.05) is 12.3 Å². The van der Waals surface area contributed by atoms with Crippen LogP contribution in [0, 0.1) is 0 Å². The van der Waals surface area contributed by atoms with Crippen molar-refractivity contribution in [2.45, 2.75) is 13.0 Å². The van der Waals surface area contributed by atoms with Crippen LogP contribution in [0.5, 0.6) is 11.5 Å². The van der Waals surface area contributed by atoms with Crippen LogP contribution in [0.1, 0.15) is 11.1 Å². The van der Waals surface area contributed by atoms with Crippen LogP contribution in [0.15, 0.2) is 24.4 Å². The van der Waals surface area contributed by atoms with Gasteiger partial charge in [-0.1, -0.05) is 0 Å². The molecule has 2 heterocycles. The highest BCUT2D eigenvalue weighted by Gasteiger charge is 2.21. The van der Waals surface area contributed by atoms with Gasteiger partial charge in [0, 0.05) is 32.4 Å². The van der Waals surface area contributed by atoms with Crippen molar-refractivity contribution < 1.29 is 9.47 Å². The van der Waals surface area contributed by atoms with E-state index >= 15 is 0 Å². The van der Waals surface area contributed by atoms with Crippen LogP contribution in [-0.4, -0.2) is 62.8 Å². The molecule has 0 fully saturated rings. The van der Waals surface area contributed by atoms with Crippen LogP contribution in [0.25, 0.3) is 0 Å². The Kier molecular flexibility index (Phi) is 5.78. The molecule has 0 amide bonds. The molecule has 1 aliphatic rings. The van der Waals surface area contributed by atoms with Gasteiger partial charge < -0.3 is 24.6 Å². The number of hydrogen-bond donors (Lipinski definition) is 1. The molecule has 7 heteroatoms. The molecule has 3 rings (SSSR count). The van der Waals surface area contributed by atoms with E-state index in [1.165, 1.54) is 11.1 Å². The van der Waals surface area contributed by atoms with Gasteiger partial charge in [0.15, 0.2) is 11.5 Å². The van der Waals surface area contributed by atoms with Crippen molar-refractivity contribution in [2.75, 3.05) is 58.2 Å². The third-order valence-electron chi connectivity index (χ3n) is 4.51. The number of rotatable bonds is 7. The first kappa shape index (κ1) is 18.3. The number of nitrogens with zero attached hydrogens (tertiary/aromatic N) is 4. The number of fused-ring (bicyclic) bond motifs is 1. The smallest absolute Gasteiger partial charge is 0.227 e. The van der Waals surface area contributed by atoms with E-state index in [0.717, 1.165) is 55.9 Å². The molecule has 0 bridgehead atoms. The van der Waals surface area contributed by atoms with Crippen molar-refractivity contribution in [2.24, 2.45) is 0 Å². The maximum absolute atomic E-state index is 5.44. The normalized spacial score (nSPS) is 13.5. The van der Waals surface area contributed by atoms with Crippen LogP contribution in [0.3, 0.4) is 0 Å². The van der Waals surface area contributed by atoms with Gasteiger partial charge in [0.1, 0.15) is 5.82 Å². The molecule has 1 N–H and O–H groups in total. The fourth-order valence-electron chi connectivity index (χ4n) is 3.06. The number of likely N-dealkylation sites (N-methyl/N-ethyl adjacent to an activating group) is 1. The Morgan fingerprint density at radius 2 is 1.88 bits per heavy atom. The van der Waals surface area contributed by atoms with Crippen molar-refractivity contribution in [3.05, 3.63) is 35.5 Å². The van der Waals surface area contributed by atoms with Gasteiger partial charge in [0.2, 0.25) is 5.95 Å². The number of ether oxygens (including phenoxy) is 2. The summed E-state index contributed by atoms with van der Waals surface area (Å²) in [6.45, 7) is 3.45. The predicted molar refractivity (Wildman–Crippen MR) is 103 cm³/mol. The van der Waals surface area contributed by atoms with Crippen LogP contribution in [0.2, 0.25) is 0 Å². The van der Waals surface area contributed by atoms with E-state index < -0.39 is 0 Å². The van der Waals surface area contributed by atoms with Gasteiger partial charge in [-0.05, 0) is 49.8 Å². The molecule has 0 atom stereocenters. The fourth-order valence-corrected chi connectivity index (χ4v) is 3.06. The Hall–Kier alpha value is -2.54. The molecule has 26 heavy (non-hydrogen) atoms. The van der Waals surface area contributed by atoms with E-state index in [1.54, 1.807) is 14.2 Å². The highest BCUT2D eigenvalue weighted by Crippen LogP contribution is 2.33. The molecular formula is C19H27N5O2. The molecule has 0 unspecified atom stereocenters. The molecule has 1 aromatic heterocycles. The summed E-state index contributed by atoms with van der Waals surface area (Å²) in [6.07, 6.45) is 2.74. The average molecular weight is 357 g/mol. The van der Waals surface area contributed by atoms with Gasteiger partial charge in [-0.3, -0.25) is 0 Å². The van der Waals surface area contributed by atoms with Gasteiger partial charge >= 0.3 is 0 Å². The predicted octanol–water partition coefficient (Wildman–Crippen LogP) is 2.03. The zero-order chi connectivity index (χ0) is 18.5. The van der Waals surface area contributed by atoms with Crippen molar-refractivity contribution in [3.8, 4) is 11.5 Å². The summed E-state index contributed by atoms with van der Waals surface area (Å²) in [5.41, 5.74) is 2.52. The lowest BCUT2D eigenvalue weighted by Crippen LogP contribution is -2.32. The van der Waals surface area contributed by atoms with Crippen LogP contribution < -0.4 is 19.7 Å². The van der Waals surface area contributed by atoms with Gasteiger partial charge in [-0.15, -0.1) is 0 Å². The molecular weight excluding hydrogens is 330 g/mol. The highest BCUT2D eigenvalue weighted by atomic mass is 16.5. The van der Waals surface area contributed by atoms with Crippen molar-refractivity contribution in [3.63, 3.8) is 0 Å². The minimum Gasteiger partial charge on any atom is -0.493 e.